The Morgan fingerprint density at radius 3 is 2.62 bits per heavy atom. The highest BCUT2D eigenvalue weighted by atomic mass is 14.9. The van der Waals surface area contributed by atoms with Crippen LogP contribution in [0.25, 0.3) is 0 Å². The monoisotopic (exact) mass is 215 g/mol. The lowest BCUT2D eigenvalue weighted by atomic mass is 9.90. The molecule has 0 aromatic heterocycles. The van der Waals surface area contributed by atoms with Gasteiger partial charge in [-0.25, -0.2) is 0 Å². The second-order valence-corrected chi connectivity index (χ2v) is 5.28. The molecule has 0 aliphatic heterocycles. The van der Waals surface area contributed by atoms with Crippen molar-refractivity contribution in [1.29, 1.82) is 0 Å². The first-order valence-corrected chi connectivity index (χ1v) is 6.81. The maximum Gasteiger partial charge on any atom is 0.0377 e. The van der Waals surface area contributed by atoms with Crippen molar-refractivity contribution < 1.29 is 0 Å². The summed E-state index contributed by atoms with van der Waals surface area (Å²) < 4.78 is 0. The molecule has 2 aliphatic rings. The molecule has 1 aromatic carbocycles. The number of rotatable bonds is 2. The summed E-state index contributed by atoms with van der Waals surface area (Å²) >= 11 is 0. The number of aryl methyl sites for hydroxylation is 1. The Morgan fingerprint density at radius 1 is 0.938 bits per heavy atom. The maximum absolute atomic E-state index is 3.77. The summed E-state index contributed by atoms with van der Waals surface area (Å²) in [6, 6.07) is 7.56. The van der Waals surface area contributed by atoms with Crippen molar-refractivity contribution in [3.63, 3.8) is 0 Å². The van der Waals surface area contributed by atoms with Gasteiger partial charge < -0.3 is 5.32 Å². The maximum atomic E-state index is 3.77. The summed E-state index contributed by atoms with van der Waals surface area (Å²) in [5.41, 5.74) is 4.64. The number of benzene rings is 1. The van der Waals surface area contributed by atoms with E-state index < -0.39 is 0 Å². The van der Waals surface area contributed by atoms with E-state index >= 15 is 0 Å². The molecule has 1 nitrogen and oxygen atoms in total. The Kier molecular flexibility index (Phi) is 2.86. The van der Waals surface area contributed by atoms with E-state index in [4.69, 9.17) is 0 Å². The molecule has 0 heterocycles. The Labute approximate surface area is 98.3 Å². The molecule has 0 unspecified atom stereocenters. The molecule has 86 valence electrons. The van der Waals surface area contributed by atoms with Crippen LogP contribution in [-0.2, 0) is 12.8 Å². The molecule has 2 aliphatic carbocycles. The summed E-state index contributed by atoms with van der Waals surface area (Å²) in [6.07, 6.45) is 10.9. The minimum absolute atomic E-state index is 0.744. The molecule has 16 heavy (non-hydrogen) atoms. The fourth-order valence-electron chi connectivity index (χ4n) is 3.21. The molecule has 0 radical (unpaired) electrons. The van der Waals surface area contributed by atoms with E-state index in [-0.39, 0.29) is 0 Å². The standard InChI is InChI=1S/C15H21N/c1-4-10-14-12(6-1)7-5-11-15(14)16-13-8-2-3-9-13/h5,7,11,13,16H,1-4,6,8-10H2. The molecule has 0 spiro atoms. The van der Waals surface area contributed by atoms with E-state index in [1.54, 1.807) is 11.1 Å². The minimum atomic E-state index is 0.744. The Morgan fingerprint density at radius 2 is 1.75 bits per heavy atom. The fourth-order valence-corrected chi connectivity index (χ4v) is 3.21. The molecule has 1 heteroatoms. The van der Waals surface area contributed by atoms with Crippen LogP contribution < -0.4 is 5.32 Å². The van der Waals surface area contributed by atoms with Crippen LogP contribution in [-0.4, -0.2) is 6.04 Å². The second kappa shape index (κ2) is 4.48. The van der Waals surface area contributed by atoms with Crippen molar-refractivity contribution in [3.05, 3.63) is 29.3 Å². The third kappa shape index (κ3) is 1.95. The number of fused-ring (bicyclic) bond motifs is 1. The van der Waals surface area contributed by atoms with Gasteiger partial charge in [0, 0.05) is 11.7 Å². The summed E-state index contributed by atoms with van der Waals surface area (Å²) in [7, 11) is 0. The van der Waals surface area contributed by atoms with Gasteiger partial charge in [-0.15, -0.1) is 0 Å². The normalized spacial score (nSPS) is 20.8. The number of hydrogen-bond donors (Lipinski definition) is 1. The first-order valence-electron chi connectivity index (χ1n) is 6.81. The smallest absolute Gasteiger partial charge is 0.0377 e. The lowest BCUT2D eigenvalue weighted by molar-refractivity contribution is 0.681. The highest BCUT2D eigenvalue weighted by Crippen LogP contribution is 2.30. The van der Waals surface area contributed by atoms with E-state index in [0.717, 1.165) is 6.04 Å². The van der Waals surface area contributed by atoms with Crippen molar-refractivity contribution in [2.45, 2.75) is 57.4 Å². The Balaban J connectivity index is 1.82. The zero-order valence-corrected chi connectivity index (χ0v) is 9.97. The van der Waals surface area contributed by atoms with Crippen LogP contribution in [0.2, 0.25) is 0 Å². The molecular weight excluding hydrogens is 194 g/mol. The second-order valence-electron chi connectivity index (χ2n) is 5.28. The molecule has 0 bridgehead atoms. The molecule has 1 saturated carbocycles. The van der Waals surface area contributed by atoms with Gasteiger partial charge in [0.25, 0.3) is 0 Å². The van der Waals surface area contributed by atoms with Gasteiger partial charge in [-0.3, -0.25) is 0 Å². The average molecular weight is 215 g/mol. The van der Waals surface area contributed by atoms with Crippen LogP contribution in [0.4, 0.5) is 5.69 Å². The van der Waals surface area contributed by atoms with Crippen LogP contribution in [0.3, 0.4) is 0 Å². The molecule has 0 amide bonds. The van der Waals surface area contributed by atoms with Crippen LogP contribution in [0.5, 0.6) is 0 Å². The number of anilines is 1. The van der Waals surface area contributed by atoms with Crippen LogP contribution in [0.1, 0.15) is 49.7 Å². The lowest BCUT2D eigenvalue weighted by Gasteiger charge is -2.22. The quantitative estimate of drug-likeness (QED) is 0.788. The van der Waals surface area contributed by atoms with Crippen molar-refractivity contribution in [1.82, 2.24) is 0 Å². The summed E-state index contributed by atoms with van der Waals surface area (Å²) in [5.74, 6) is 0. The first-order chi connectivity index (χ1) is 7.93. The summed E-state index contributed by atoms with van der Waals surface area (Å²) in [5, 5.41) is 3.77. The Bertz CT molecular complexity index is 364. The van der Waals surface area contributed by atoms with Gasteiger partial charge in [0.2, 0.25) is 0 Å². The highest BCUT2D eigenvalue weighted by Gasteiger charge is 2.18. The van der Waals surface area contributed by atoms with Crippen LogP contribution >= 0.6 is 0 Å². The molecule has 3 rings (SSSR count). The molecule has 0 saturated heterocycles. The number of nitrogens with one attached hydrogen (secondary N) is 1. The minimum Gasteiger partial charge on any atom is -0.382 e. The average Bonchev–Trinajstić information content (AvgIpc) is 2.82. The van der Waals surface area contributed by atoms with Crippen molar-refractivity contribution in [2.24, 2.45) is 0 Å². The molecule has 1 fully saturated rings. The predicted molar refractivity (Wildman–Crippen MR) is 69.0 cm³/mol. The number of hydrogen-bond acceptors (Lipinski definition) is 1. The van der Waals surface area contributed by atoms with E-state index in [1.807, 2.05) is 0 Å². The molecule has 1 N–H and O–H groups in total. The SMILES string of the molecule is c1cc2c(c(NC3CCCC3)c1)CCCC2. The molecule has 1 aromatic rings. The van der Waals surface area contributed by atoms with Crippen molar-refractivity contribution >= 4 is 5.69 Å². The van der Waals surface area contributed by atoms with Gasteiger partial charge >= 0.3 is 0 Å². The third-order valence-electron chi connectivity index (χ3n) is 4.11. The van der Waals surface area contributed by atoms with Crippen LogP contribution in [0.15, 0.2) is 18.2 Å². The van der Waals surface area contributed by atoms with Gasteiger partial charge in [-0.1, -0.05) is 25.0 Å². The lowest BCUT2D eigenvalue weighted by Crippen LogP contribution is -2.17. The highest BCUT2D eigenvalue weighted by molar-refractivity contribution is 5.56. The third-order valence-corrected chi connectivity index (χ3v) is 4.11. The van der Waals surface area contributed by atoms with E-state index in [9.17, 15) is 0 Å². The summed E-state index contributed by atoms with van der Waals surface area (Å²) in [4.78, 5) is 0. The van der Waals surface area contributed by atoms with Crippen molar-refractivity contribution in [2.75, 3.05) is 5.32 Å². The molecule has 0 atom stereocenters. The van der Waals surface area contributed by atoms with Gasteiger partial charge in [-0.2, -0.15) is 0 Å². The topological polar surface area (TPSA) is 12.0 Å². The molecular formula is C15H21N. The van der Waals surface area contributed by atoms with Crippen molar-refractivity contribution in [3.8, 4) is 0 Å². The van der Waals surface area contributed by atoms with E-state index in [2.05, 4.69) is 23.5 Å². The van der Waals surface area contributed by atoms with Gasteiger partial charge in [-0.05, 0) is 55.7 Å². The predicted octanol–water partition coefficient (Wildman–Crippen LogP) is 3.92. The van der Waals surface area contributed by atoms with Gasteiger partial charge in [0.1, 0.15) is 0 Å². The van der Waals surface area contributed by atoms with E-state index in [0.29, 0.717) is 0 Å². The largest absolute Gasteiger partial charge is 0.382 e. The van der Waals surface area contributed by atoms with Crippen LogP contribution in [0, 0.1) is 0 Å². The van der Waals surface area contributed by atoms with Gasteiger partial charge in [0.05, 0.1) is 0 Å². The zero-order chi connectivity index (χ0) is 10.8. The zero-order valence-electron chi connectivity index (χ0n) is 9.97. The Hall–Kier alpha value is -0.980. The first kappa shape index (κ1) is 10.2. The van der Waals surface area contributed by atoms with Gasteiger partial charge in [0.15, 0.2) is 0 Å². The summed E-state index contributed by atoms with van der Waals surface area (Å²) in [6.45, 7) is 0. The van der Waals surface area contributed by atoms with E-state index in [1.165, 1.54) is 57.1 Å². The fraction of sp³-hybridized carbons (Fsp3) is 0.600.